The molecule has 0 radical (unpaired) electrons. The van der Waals surface area contributed by atoms with Crippen molar-refractivity contribution in [2.45, 2.75) is 19.9 Å². The van der Waals surface area contributed by atoms with E-state index in [0.717, 1.165) is 5.56 Å². The van der Waals surface area contributed by atoms with E-state index in [1.165, 1.54) is 0 Å². The van der Waals surface area contributed by atoms with Gasteiger partial charge in [-0.25, -0.2) is 0 Å². The third-order valence-corrected chi connectivity index (χ3v) is 2.99. The molecule has 0 aliphatic rings. The molecule has 0 aliphatic heterocycles. The van der Waals surface area contributed by atoms with Gasteiger partial charge in [0.15, 0.2) is 0 Å². The monoisotopic (exact) mass is 263 g/mol. The number of rotatable bonds is 5. The Morgan fingerprint density at radius 1 is 1.26 bits per heavy atom. The van der Waals surface area contributed by atoms with Crippen LogP contribution in [0.2, 0.25) is 0 Å². The predicted octanol–water partition coefficient (Wildman–Crippen LogP) is 0.575. The van der Waals surface area contributed by atoms with Gasteiger partial charge in [-0.1, -0.05) is 30.3 Å². The van der Waals surface area contributed by atoms with Crippen molar-refractivity contribution in [2.24, 2.45) is 11.1 Å². The summed E-state index contributed by atoms with van der Waals surface area (Å²) in [5.74, 6) is -0.413. The minimum Gasteiger partial charge on any atom is -0.359 e. The molecule has 0 saturated heterocycles. The molecule has 5 nitrogen and oxygen atoms in total. The van der Waals surface area contributed by atoms with Gasteiger partial charge < -0.3 is 16.4 Å². The van der Waals surface area contributed by atoms with Gasteiger partial charge in [-0.3, -0.25) is 9.59 Å². The number of hydrogen-bond acceptors (Lipinski definition) is 3. The molecule has 0 saturated carbocycles. The summed E-state index contributed by atoms with van der Waals surface area (Å²) in [6.45, 7) is 3.77. The molecule has 1 aromatic carbocycles. The van der Waals surface area contributed by atoms with E-state index in [1.807, 2.05) is 18.2 Å². The molecule has 4 N–H and O–H groups in total. The topological polar surface area (TPSA) is 84.2 Å². The van der Waals surface area contributed by atoms with Crippen molar-refractivity contribution in [2.75, 3.05) is 13.6 Å². The standard InChI is InChI=1S/C14H21N3O2/c1-14(2,13(19)16-3)9-17-12(18)11(15)10-7-5-4-6-8-10/h4-8,11H,9,15H2,1-3H3,(H,16,19)(H,17,18)/t11-/m0/s1. The Kier molecular flexibility index (Phi) is 5.06. The largest absolute Gasteiger partial charge is 0.359 e. The van der Waals surface area contributed by atoms with Crippen LogP contribution in [-0.4, -0.2) is 25.4 Å². The molecule has 0 aromatic heterocycles. The minimum atomic E-state index is -0.721. The number of hydrogen-bond donors (Lipinski definition) is 3. The first-order valence-corrected chi connectivity index (χ1v) is 6.19. The summed E-state index contributed by atoms with van der Waals surface area (Å²) >= 11 is 0. The molecule has 1 rings (SSSR count). The fourth-order valence-corrected chi connectivity index (χ4v) is 1.65. The van der Waals surface area contributed by atoms with Crippen LogP contribution in [0.4, 0.5) is 0 Å². The van der Waals surface area contributed by atoms with E-state index in [2.05, 4.69) is 10.6 Å². The second-order valence-corrected chi connectivity index (χ2v) is 5.07. The number of nitrogens with two attached hydrogens (primary N) is 1. The van der Waals surface area contributed by atoms with Crippen molar-refractivity contribution >= 4 is 11.8 Å². The van der Waals surface area contributed by atoms with Crippen LogP contribution in [0.5, 0.6) is 0 Å². The number of carbonyl (C=O) groups is 2. The first-order chi connectivity index (χ1) is 8.88. The van der Waals surface area contributed by atoms with Crippen LogP contribution in [0, 0.1) is 5.41 Å². The van der Waals surface area contributed by atoms with Crippen molar-refractivity contribution in [3.05, 3.63) is 35.9 Å². The van der Waals surface area contributed by atoms with Crippen LogP contribution in [-0.2, 0) is 9.59 Å². The third-order valence-electron chi connectivity index (χ3n) is 2.99. The molecule has 0 bridgehead atoms. The Hall–Kier alpha value is -1.88. The maximum absolute atomic E-state index is 11.9. The van der Waals surface area contributed by atoms with E-state index in [0.29, 0.717) is 0 Å². The lowest BCUT2D eigenvalue weighted by molar-refractivity contribution is -0.129. The van der Waals surface area contributed by atoms with Gasteiger partial charge in [-0.2, -0.15) is 0 Å². The van der Waals surface area contributed by atoms with Crippen molar-refractivity contribution < 1.29 is 9.59 Å². The number of amides is 2. The molecule has 0 unspecified atom stereocenters. The van der Waals surface area contributed by atoms with E-state index >= 15 is 0 Å². The molecule has 1 atom stereocenters. The van der Waals surface area contributed by atoms with Gasteiger partial charge in [-0.15, -0.1) is 0 Å². The SMILES string of the molecule is CNC(=O)C(C)(C)CNC(=O)[C@@H](N)c1ccccc1. The van der Waals surface area contributed by atoms with Gasteiger partial charge >= 0.3 is 0 Å². The van der Waals surface area contributed by atoms with Crippen molar-refractivity contribution in [3.8, 4) is 0 Å². The van der Waals surface area contributed by atoms with Crippen LogP contribution in [0.3, 0.4) is 0 Å². The van der Waals surface area contributed by atoms with E-state index in [4.69, 9.17) is 5.73 Å². The second kappa shape index (κ2) is 6.33. The zero-order valence-corrected chi connectivity index (χ0v) is 11.6. The zero-order chi connectivity index (χ0) is 14.5. The maximum Gasteiger partial charge on any atom is 0.241 e. The molecule has 1 aromatic rings. The second-order valence-electron chi connectivity index (χ2n) is 5.07. The first-order valence-electron chi connectivity index (χ1n) is 6.19. The molecule has 5 heteroatoms. The summed E-state index contributed by atoms with van der Waals surface area (Å²) in [7, 11) is 1.57. The fourth-order valence-electron chi connectivity index (χ4n) is 1.65. The van der Waals surface area contributed by atoms with Crippen LogP contribution < -0.4 is 16.4 Å². The lowest BCUT2D eigenvalue weighted by Gasteiger charge is -2.23. The fraction of sp³-hybridized carbons (Fsp3) is 0.429. The molecule has 0 fully saturated rings. The normalized spacial score (nSPS) is 12.6. The number of benzene rings is 1. The van der Waals surface area contributed by atoms with E-state index in [9.17, 15) is 9.59 Å². The minimum absolute atomic E-state index is 0.124. The molecular weight excluding hydrogens is 242 g/mol. The number of carbonyl (C=O) groups excluding carboxylic acids is 2. The molecular formula is C14H21N3O2. The highest BCUT2D eigenvalue weighted by Crippen LogP contribution is 2.14. The average Bonchev–Trinajstić information content (AvgIpc) is 2.43. The smallest absolute Gasteiger partial charge is 0.241 e. The average molecular weight is 263 g/mol. The van der Waals surface area contributed by atoms with E-state index in [-0.39, 0.29) is 18.4 Å². The molecule has 0 aliphatic carbocycles. The Labute approximate surface area is 113 Å². The zero-order valence-electron chi connectivity index (χ0n) is 11.6. The van der Waals surface area contributed by atoms with Gasteiger partial charge in [0.25, 0.3) is 0 Å². The highest BCUT2D eigenvalue weighted by molar-refractivity contribution is 5.85. The number of nitrogens with one attached hydrogen (secondary N) is 2. The quantitative estimate of drug-likeness (QED) is 0.726. The molecule has 19 heavy (non-hydrogen) atoms. The Morgan fingerprint density at radius 2 is 1.84 bits per heavy atom. The van der Waals surface area contributed by atoms with Crippen molar-refractivity contribution in [1.29, 1.82) is 0 Å². The summed E-state index contributed by atoms with van der Waals surface area (Å²) in [4.78, 5) is 23.5. The lowest BCUT2D eigenvalue weighted by Crippen LogP contribution is -2.45. The maximum atomic E-state index is 11.9. The summed E-state index contributed by atoms with van der Waals surface area (Å²) in [6, 6.07) is 8.40. The van der Waals surface area contributed by atoms with Gasteiger partial charge in [0.2, 0.25) is 11.8 Å². The first kappa shape index (κ1) is 15.2. The van der Waals surface area contributed by atoms with Gasteiger partial charge in [0, 0.05) is 13.6 Å². The van der Waals surface area contributed by atoms with Crippen LogP contribution in [0.15, 0.2) is 30.3 Å². The van der Waals surface area contributed by atoms with Crippen molar-refractivity contribution in [1.82, 2.24) is 10.6 Å². The third kappa shape index (κ3) is 4.06. The van der Waals surface area contributed by atoms with Crippen molar-refractivity contribution in [3.63, 3.8) is 0 Å². The van der Waals surface area contributed by atoms with E-state index in [1.54, 1.807) is 33.0 Å². The van der Waals surface area contributed by atoms with Gasteiger partial charge in [0.05, 0.1) is 5.41 Å². The molecule has 0 heterocycles. The Morgan fingerprint density at radius 3 is 2.37 bits per heavy atom. The van der Waals surface area contributed by atoms with Crippen LogP contribution in [0.25, 0.3) is 0 Å². The Balaban J connectivity index is 2.59. The highest BCUT2D eigenvalue weighted by Gasteiger charge is 2.28. The highest BCUT2D eigenvalue weighted by atomic mass is 16.2. The van der Waals surface area contributed by atoms with Gasteiger partial charge in [-0.05, 0) is 19.4 Å². The lowest BCUT2D eigenvalue weighted by atomic mass is 9.92. The summed E-state index contributed by atoms with van der Waals surface area (Å²) in [5, 5.41) is 5.28. The van der Waals surface area contributed by atoms with E-state index < -0.39 is 11.5 Å². The van der Waals surface area contributed by atoms with Crippen LogP contribution >= 0.6 is 0 Å². The van der Waals surface area contributed by atoms with Crippen LogP contribution in [0.1, 0.15) is 25.5 Å². The summed E-state index contributed by atoms with van der Waals surface area (Å²) in [6.07, 6.45) is 0. The molecule has 2 amide bonds. The molecule has 104 valence electrons. The van der Waals surface area contributed by atoms with Gasteiger partial charge in [0.1, 0.15) is 6.04 Å². The molecule has 0 spiro atoms. The summed E-state index contributed by atoms with van der Waals surface area (Å²) in [5.41, 5.74) is 5.95. The Bertz CT molecular complexity index is 443. The predicted molar refractivity (Wildman–Crippen MR) is 74.2 cm³/mol. The summed E-state index contributed by atoms with van der Waals surface area (Å²) < 4.78 is 0.